The first-order chi connectivity index (χ1) is 14.9. The third-order valence-corrected chi connectivity index (χ3v) is 5.73. The largest absolute Gasteiger partial charge is 0.362 e. The number of fused-ring (bicyclic) bond motifs is 1. The van der Waals surface area contributed by atoms with Crippen molar-refractivity contribution in [1.29, 1.82) is 0 Å². The molecule has 6 nitrogen and oxygen atoms in total. The maximum atomic E-state index is 11.8. The van der Waals surface area contributed by atoms with Crippen molar-refractivity contribution < 1.29 is 4.79 Å². The molecule has 0 saturated heterocycles. The Hall–Kier alpha value is -3.02. The van der Waals surface area contributed by atoms with E-state index >= 15 is 0 Å². The Morgan fingerprint density at radius 2 is 1.81 bits per heavy atom. The zero-order valence-corrected chi connectivity index (χ0v) is 19.0. The molecule has 0 atom stereocenters. The normalized spacial score (nSPS) is 18.1. The molecule has 1 amide bonds. The second-order valence-electron chi connectivity index (χ2n) is 8.58. The molecular weight excluding hydrogens is 386 g/mol. The Labute approximate surface area is 185 Å². The molecule has 0 unspecified atom stereocenters. The van der Waals surface area contributed by atoms with Gasteiger partial charge in [-0.1, -0.05) is 31.9 Å². The van der Waals surface area contributed by atoms with Crippen LogP contribution < -0.4 is 10.2 Å². The van der Waals surface area contributed by atoms with Crippen LogP contribution in [0.3, 0.4) is 0 Å². The van der Waals surface area contributed by atoms with Gasteiger partial charge < -0.3 is 10.2 Å². The molecule has 0 radical (unpaired) electrons. The van der Waals surface area contributed by atoms with Gasteiger partial charge in [0.15, 0.2) is 0 Å². The van der Waals surface area contributed by atoms with Gasteiger partial charge in [-0.3, -0.25) is 9.78 Å². The van der Waals surface area contributed by atoms with Crippen molar-refractivity contribution in [2.45, 2.75) is 39.5 Å². The standard InChI is InChI=1S/C14H20N2O.C11H13N3/c1-11-4-6-12(7-5-11)9-16-14(17)13-3-2-8-15-10-13;1-8-12-10-7-5-4-6-9(10)11(13-8)14(2)3/h2-3,8,10-12H,4-7,9H2,1H3,(H,16,17);4-7H,1-3H3. The van der Waals surface area contributed by atoms with E-state index in [2.05, 4.69) is 27.2 Å². The van der Waals surface area contributed by atoms with Crippen LogP contribution in [0.25, 0.3) is 10.9 Å². The average molecular weight is 420 g/mol. The maximum Gasteiger partial charge on any atom is 0.252 e. The summed E-state index contributed by atoms with van der Waals surface area (Å²) in [6.45, 7) is 5.03. The third-order valence-electron chi connectivity index (χ3n) is 5.73. The first kappa shape index (κ1) is 22.7. The van der Waals surface area contributed by atoms with Gasteiger partial charge >= 0.3 is 0 Å². The monoisotopic (exact) mass is 419 g/mol. The van der Waals surface area contributed by atoms with Gasteiger partial charge in [0.25, 0.3) is 5.91 Å². The molecule has 1 aromatic carbocycles. The molecule has 2 heterocycles. The molecule has 31 heavy (non-hydrogen) atoms. The van der Waals surface area contributed by atoms with E-state index in [1.165, 1.54) is 25.7 Å². The Kier molecular flexibility index (Phi) is 7.93. The number of anilines is 1. The summed E-state index contributed by atoms with van der Waals surface area (Å²) in [5.74, 6) is 3.31. The van der Waals surface area contributed by atoms with Crippen LogP contribution in [0, 0.1) is 18.8 Å². The molecule has 0 spiro atoms. The van der Waals surface area contributed by atoms with E-state index in [0.29, 0.717) is 11.5 Å². The van der Waals surface area contributed by atoms with E-state index in [4.69, 9.17) is 0 Å². The molecule has 0 aliphatic heterocycles. The van der Waals surface area contributed by atoms with Crippen molar-refractivity contribution in [3.8, 4) is 0 Å². The lowest BCUT2D eigenvalue weighted by molar-refractivity contribution is 0.0941. The van der Waals surface area contributed by atoms with E-state index in [-0.39, 0.29) is 5.91 Å². The third kappa shape index (κ3) is 6.48. The van der Waals surface area contributed by atoms with Gasteiger partial charge in [0.05, 0.1) is 11.1 Å². The van der Waals surface area contributed by atoms with Crippen LogP contribution in [-0.4, -0.2) is 41.5 Å². The van der Waals surface area contributed by atoms with Crippen molar-refractivity contribution in [2.75, 3.05) is 25.5 Å². The number of nitrogens with one attached hydrogen (secondary N) is 1. The van der Waals surface area contributed by atoms with E-state index in [9.17, 15) is 4.79 Å². The van der Waals surface area contributed by atoms with Gasteiger partial charge in [-0.2, -0.15) is 0 Å². The molecule has 1 saturated carbocycles. The number of benzene rings is 1. The molecule has 1 fully saturated rings. The molecule has 0 bridgehead atoms. The highest BCUT2D eigenvalue weighted by atomic mass is 16.1. The topological polar surface area (TPSA) is 71.0 Å². The Bertz CT molecular complexity index is 982. The first-order valence-electron chi connectivity index (χ1n) is 11.0. The summed E-state index contributed by atoms with van der Waals surface area (Å²) < 4.78 is 0. The molecule has 1 aliphatic carbocycles. The lowest BCUT2D eigenvalue weighted by atomic mass is 9.83. The second-order valence-corrected chi connectivity index (χ2v) is 8.58. The highest BCUT2D eigenvalue weighted by molar-refractivity contribution is 5.93. The summed E-state index contributed by atoms with van der Waals surface area (Å²) in [5.41, 5.74) is 1.65. The minimum atomic E-state index is -0.00304. The maximum absolute atomic E-state index is 11.8. The van der Waals surface area contributed by atoms with Gasteiger partial charge in [-0.05, 0) is 55.9 Å². The van der Waals surface area contributed by atoms with Gasteiger partial charge in [0.1, 0.15) is 11.6 Å². The summed E-state index contributed by atoms with van der Waals surface area (Å²) in [6, 6.07) is 11.6. The minimum Gasteiger partial charge on any atom is -0.362 e. The van der Waals surface area contributed by atoms with Crippen LogP contribution in [0.15, 0.2) is 48.8 Å². The molecular formula is C25H33N5O. The lowest BCUT2D eigenvalue weighted by Crippen LogP contribution is -2.31. The van der Waals surface area contributed by atoms with Gasteiger partial charge in [0.2, 0.25) is 0 Å². The van der Waals surface area contributed by atoms with Crippen molar-refractivity contribution in [1.82, 2.24) is 20.3 Å². The number of pyridine rings is 1. The summed E-state index contributed by atoms with van der Waals surface area (Å²) in [5, 5.41) is 4.10. The number of amides is 1. The fraction of sp³-hybridized carbons (Fsp3) is 0.440. The average Bonchev–Trinajstić information content (AvgIpc) is 2.79. The fourth-order valence-corrected chi connectivity index (χ4v) is 3.88. The minimum absolute atomic E-state index is 0.00304. The second kappa shape index (κ2) is 10.8. The number of carbonyl (C=O) groups is 1. The Morgan fingerprint density at radius 1 is 1.06 bits per heavy atom. The SMILES string of the molecule is CC1CCC(CNC(=O)c2cccnc2)CC1.Cc1nc(N(C)C)c2ccccc2n1. The Morgan fingerprint density at radius 3 is 2.48 bits per heavy atom. The quantitative estimate of drug-likeness (QED) is 0.667. The van der Waals surface area contributed by atoms with Crippen molar-refractivity contribution in [3.63, 3.8) is 0 Å². The number of aryl methyl sites for hydroxylation is 1. The molecule has 2 aromatic heterocycles. The van der Waals surface area contributed by atoms with E-state index in [1.807, 2.05) is 50.2 Å². The molecule has 1 N–H and O–H groups in total. The van der Waals surface area contributed by atoms with E-state index < -0.39 is 0 Å². The zero-order valence-electron chi connectivity index (χ0n) is 19.0. The first-order valence-corrected chi connectivity index (χ1v) is 11.0. The number of para-hydroxylation sites is 1. The Balaban J connectivity index is 0.000000179. The number of carbonyl (C=O) groups excluding carboxylic acids is 1. The zero-order chi connectivity index (χ0) is 22.2. The number of hydrogen-bond donors (Lipinski definition) is 1. The van der Waals surface area contributed by atoms with E-state index in [0.717, 1.165) is 35.0 Å². The predicted molar refractivity (Wildman–Crippen MR) is 126 cm³/mol. The van der Waals surface area contributed by atoms with Gasteiger partial charge in [-0.25, -0.2) is 9.97 Å². The predicted octanol–water partition coefficient (Wildman–Crippen LogP) is 4.64. The molecule has 1 aliphatic rings. The van der Waals surface area contributed by atoms with Crippen LogP contribution in [0.2, 0.25) is 0 Å². The fourth-order valence-electron chi connectivity index (χ4n) is 3.88. The number of rotatable bonds is 4. The smallest absolute Gasteiger partial charge is 0.252 e. The molecule has 4 rings (SSSR count). The highest BCUT2D eigenvalue weighted by Gasteiger charge is 2.18. The van der Waals surface area contributed by atoms with Gasteiger partial charge in [0, 0.05) is 38.4 Å². The van der Waals surface area contributed by atoms with Crippen LogP contribution in [0.5, 0.6) is 0 Å². The number of hydrogen-bond acceptors (Lipinski definition) is 5. The van der Waals surface area contributed by atoms with Crippen LogP contribution >= 0.6 is 0 Å². The number of nitrogens with zero attached hydrogens (tertiary/aromatic N) is 4. The van der Waals surface area contributed by atoms with Crippen LogP contribution in [-0.2, 0) is 0 Å². The summed E-state index contributed by atoms with van der Waals surface area (Å²) >= 11 is 0. The summed E-state index contributed by atoms with van der Waals surface area (Å²) in [6.07, 6.45) is 8.38. The molecule has 6 heteroatoms. The van der Waals surface area contributed by atoms with Crippen molar-refractivity contribution >= 4 is 22.6 Å². The van der Waals surface area contributed by atoms with Crippen molar-refractivity contribution in [3.05, 3.63) is 60.2 Å². The molecule has 164 valence electrons. The van der Waals surface area contributed by atoms with Crippen molar-refractivity contribution in [2.24, 2.45) is 11.8 Å². The van der Waals surface area contributed by atoms with Crippen LogP contribution in [0.1, 0.15) is 48.8 Å². The molecule has 3 aromatic rings. The summed E-state index contributed by atoms with van der Waals surface area (Å²) in [4.78, 5) is 26.6. The highest BCUT2D eigenvalue weighted by Crippen LogP contribution is 2.27. The van der Waals surface area contributed by atoms with Gasteiger partial charge in [-0.15, -0.1) is 0 Å². The number of aromatic nitrogens is 3. The van der Waals surface area contributed by atoms with E-state index in [1.54, 1.807) is 24.5 Å². The van der Waals surface area contributed by atoms with Crippen LogP contribution in [0.4, 0.5) is 5.82 Å². The summed E-state index contributed by atoms with van der Waals surface area (Å²) in [7, 11) is 3.99. The lowest BCUT2D eigenvalue weighted by Gasteiger charge is -2.26.